The molecule has 1 amide bonds. The van der Waals surface area contributed by atoms with Gasteiger partial charge >= 0.3 is 6.09 Å². The number of ether oxygens (including phenoxy) is 1. The maximum atomic E-state index is 12.4. The van der Waals surface area contributed by atoms with E-state index in [2.05, 4.69) is 17.4 Å². The first-order valence-electron chi connectivity index (χ1n) is 9.17. The second-order valence-corrected chi connectivity index (χ2v) is 6.77. The van der Waals surface area contributed by atoms with Crippen LogP contribution in [0.4, 0.5) is 4.79 Å². The predicted octanol–water partition coefficient (Wildman–Crippen LogP) is 3.58. The Balaban J connectivity index is 1.48. The molecular formula is C23H21NO4. The van der Waals surface area contributed by atoms with Crippen LogP contribution in [0.3, 0.4) is 0 Å². The van der Waals surface area contributed by atoms with Crippen LogP contribution in [0.25, 0.3) is 11.1 Å². The first-order chi connectivity index (χ1) is 13.6. The lowest BCUT2D eigenvalue weighted by atomic mass is 9.98. The van der Waals surface area contributed by atoms with Crippen molar-refractivity contribution in [2.24, 2.45) is 0 Å². The summed E-state index contributed by atoms with van der Waals surface area (Å²) >= 11 is 0. The number of aliphatic hydroxyl groups excluding tert-OH is 1. The van der Waals surface area contributed by atoms with Gasteiger partial charge in [0.05, 0.1) is 0 Å². The number of hydrogen-bond acceptors (Lipinski definition) is 4. The lowest BCUT2D eigenvalue weighted by Gasteiger charge is -2.21. The van der Waals surface area contributed by atoms with Crippen LogP contribution in [0, 0.1) is 0 Å². The fraction of sp³-hybridized carbons (Fsp3) is 0.174. The van der Waals surface area contributed by atoms with Crippen LogP contribution in [-0.2, 0) is 4.74 Å². The highest BCUT2D eigenvalue weighted by molar-refractivity contribution is 5.79. The van der Waals surface area contributed by atoms with Crippen LogP contribution >= 0.6 is 0 Å². The molecule has 3 N–H and O–H groups in total. The molecule has 0 saturated carbocycles. The Kier molecular flexibility index (Phi) is 5.10. The van der Waals surface area contributed by atoms with E-state index < -0.39 is 18.4 Å². The van der Waals surface area contributed by atoms with Gasteiger partial charge in [-0.05, 0) is 27.8 Å². The van der Waals surface area contributed by atoms with E-state index in [4.69, 9.17) is 4.74 Å². The molecule has 3 aromatic rings. The Labute approximate surface area is 163 Å². The lowest BCUT2D eigenvalue weighted by Crippen LogP contribution is -2.37. The van der Waals surface area contributed by atoms with Crippen molar-refractivity contribution < 1.29 is 19.7 Å². The second kappa shape index (κ2) is 7.84. The van der Waals surface area contributed by atoms with Crippen molar-refractivity contribution in [2.75, 3.05) is 6.61 Å². The van der Waals surface area contributed by atoms with E-state index in [1.807, 2.05) is 42.5 Å². The summed E-state index contributed by atoms with van der Waals surface area (Å²) in [6.45, 7) is 0.170. The molecule has 1 aliphatic rings. The molecule has 0 aliphatic heterocycles. The van der Waals surface area contributed by atoms with Crippen LogP contribution in [0.1, 0.15) is 28.7 Å². The van der Waals surface area contributed by atoms with Gasteiger partial charge in [-0.1, -0.05) is 78.9 Å². The third kappa shape index (κ3) is 3.50. The molecule has 28 heavy (non-hydrogen) atoms. The fourth-order valence-electron chi connectivity index (χ4n) is 3.76. The van der Waals surface area contributed by atoms with Gasteiger partial charge < -0.3 is 20.3 Å². The molecule has 1 atom stereocenters. The summed E-state index contributed by atoms with van der Waals surface area (Å²) in [5.41, 5.74) is 5.14. The maximum absolute atomic E-state index is 12.4. The summed E-state index contributed by atoms with van der Waals surface area (Å²) in [6, 6.07) is 24.0. The second-order valence-electron chi connectivity index (χ2n) is 6.77. The summed E-state index contributed by atoms with van der Waals surface area (Å²) in [6.07, 6.45) is -2.42. The highest BCUT2D eigenvalue weighted by Crippen LogP contribution is 2.44. The molecule has 0 fully saturated rings. The van der Waals surface area contributed by atoms with Gasteiger partial charge in [0.15, 0.2) is 6.29 Å². The fourth-order valence-corrected chi connectivity index (χ4v) is 3.76. The molecule has 142 valence electrons. The minimum absolute atomic E-state index is 0.0487. The molecule has 0 heterocycles. The lowest BCUT2D eigenvalue weighted by molar-refractivity contribution is -0.0673. The third-order valence-electron chi connectivity index (χ3n) is 5.07. The van der Waals surface area contributed by atoms with Crippen molar-refractivity contribution in [3.8, 4) is 11.1 Å². The Morgan fingerprint density at radius 1 is 0.857 bits per heavy atom. The minimum atomic E-state index is -1.73. The van der Waals surface area contributed by atoms with Crippen LogP contribution in [0.2, 0.25) is 0 Å². The van der Waals surface area contributed by atoms with Crippen molar-refractivity contribution in [2.45, 2.75) is 18.2 Å². The molecule has 5 heteroatoms. The highest BCUT2D eigenvalue weighted by atomic mass is 16.5. The van der Waals surface area contributed by atoms with Gasteiger partial charge in [-0.25, -0.2) is 4.79 Å². The van der Waals surface area contributed by atoms with Gasteiger partial charge in [0, 0.05) is 5.92 Å². The first-order valence-corrected chi connectivity index (χ1v) is 9.17. The summed E-state index contributed by atoms with van der Waals surface area (Å²) in [5.74, 6) is -0.0487. The smallest absolute Gasteiger partial charge is 0.407 e. The average Bonchev–Trinajstić information content (AvgIpc) is 3.05. The number of nitrogens with one attached hydrogen (secondary N) is 1. The highest BCUT2D eigenvalue weighted by Gasteiger charge is 2.29. The number of hydrogen-bond donors (Lipinski definition) is 3. The van der Waals surface area contributed by atoms with E-state index in [9.17, 15) is 15.0 Å². The molecule has 0 bridgehead atoms. The summed E-state index contributed by atoms with van der Waals surface area (Å²) in [5, 5.41) is 21.8. The number of rotatable bonds is 5. The maximum Gasteiger partial charge on any atom is 0.407 e. The van der Waals surface area contributed by atoms with Crippen LogP contribution in [-0.4, -0.2) is 29.2 Å². The Morgan fingerprint density at radius 2 is 1.39 bits per heavy atom. The molecule has 1 aliphatic carbocycles. The number of benzene rings is 3. The zero-order valence-electron chi connectivity index (χ0n) is 15.2. The van der Waals surface area contributed by atoms with Crippen molar-refractivity contribution >= 4 is 6.09 Å². The Bertz CT molecular complexity index is 926. The van der Waals surface area contributed by atoms with Gasteiger partial charge in [0.1, 0.15) is 12.6 Å². The Hall–Kier alpha value is -3.15. The molecule has 1 unspecified atom stereocenters. The van der Waals surface area contributed by atoms with Gasteiger partial charge in [0.2, 0.25) is 0 Å². The topological polar surface area (TPSA) is 78.8 Å². The largest absolute Gasteiger partial charge is 0.449 e. The molecule has 0 saturated heterocycles. The van der Waals surface area contributed by atoms with Crippen LogP contribution in [0.5, 0.6) is 0 Å². The van der Waals surface area contributed by atoms with E-state index in [1.165, 1.54) is 0 Å². The monoisotopic (exact) mass is 375 g/mol. The number of amides is 1. The third-order valence-corrected chi connectivity index (χ3v) is 5.07. The number of carbonyl (C=O) groups excluding carboxylic acids is 1. The number of fused-ring (bicyclic) bond motifs is 3. The number of carbonyl (C=O) groups is 1. The summed E-state index contributed by atoms with van der Waals surface area (Å²) in [7, 11) is 0. The average molecular weight is 375 g/mol. The number of alkyl carbamates (subject to hydrolysis) is 1. The molecule has 4 rings (SSSR count). The van der Waals surface area contributed by atoms with Gasteiger partial charge in [-0.2, -0.15) is 0 Å². The van der Waals surface area contributed by atoms with E-state index in [0.717, 1.165) is 22.3 Å². The molecule has 0 spiro atoms. The molecule has 5 nitrogen and oxygen atoms in total. The predicted molar refractivity (Wildman–Crippen MR) is 106 cm³/mol. The summed E-state index contributed by atoms with van der Waals surface area (Å²) in [4.78, 5) is 12.4. The van der Waals surface area contributed by atoms with Crippen molar-refractivity contribution in [3.63, 3.8) is 0 Å². The SMILES string of the molecule is O=C(NC(c1ccccc1)C(O)O)OCC1c2ccccc2-c2ccccc21. The quantitative estimate of drug-likeness (QED) is 0.596. The van der Waals surface area contributed by atoms with Gasteiger partial charge in [0.25, 0.3) is 0 Å². The van der Waals surface area contributed by atoms with Gasteiger partial charge in [-0.15, -0.1) is 0 Å². The van der Waals surface area contributed by atoms with Crippen LogP contribution < -0.4 is 5.32 Å². The zero-order valence-corrected chi connectivity index (χ0v) is 15.2. The number of aliphatic hydroxyl groups is 2. The van der Waals surface area contributed by atoms with E-state index in [1.54, 1.807) is 24.3 Å². The molecular weight excluding hydrogens is 354 g/mol. The standard InChI is InChI=1S/C23H21NO4/c25-22(26)21(15-8-2-1-3-9-15)24-23(27)28-14-20-18-12-6-4-10-16(18)17-11-5-7-13-19(17)20/h1-13,20-22,25-26H,14H2,(H,24,27). The normalized spacial score (nSPS) is 13.7. The van der Waals surface area contributed by atoms with Crippen LogP contribution in [0.15, 0.2) is 78.9 Å². The molecule has 3 aromatic carbocycles. The Morgan fingerprint density at radius 3 is 1.96 bits per heavy atom. The van der Waals surface area contributed by atoms with E-state index >= 15 is 0 Å². The first kappa shape index (κ1) is 18.2. The van der Waals surface area contributed by atoms with E-state index in [-0.39, 0.29) is 12.5 Å². The van der Waals surface area contributed by atoms with Crippen molar-refractivity contribution in [1.29, 1.82) is 0 Å². The summed E-state index contributed by atoms with van der Waals surface area (Å²) < 4.78 is 5.47. The van der Waals surface area contributed by atoms with Crippen molar-refractivity contribution in [1.82, 2.24) is 5.32 Å². The van der Waals surface area contributed by atoms with Crippen molar-refractivity contribution in [3.05, 3.63) is 95.6 Å². The minimum Gasteiger partial charge on any atom is -0.449 e. The van der Waals surface area contributed by atoms with E-state index in [0.29, 0.717) is 5.56 Å². The van der Waals surface area contributed by atoms with Gasteiger partial charge in [-0.3, -0.25) is 0 Å². The molecule has 0 aromatic heterocycles. The molecule has 0 radical (unpaired) electrons. The zero-order chi connectivity index (χ0) is 19.5.